The van der Waals surface area contributed by atoms with Gasteiger partial charge in [-0.15, -0.1) is 0 Å². The fraction of sp³-hybridized carbons (Fsp3) is 0.550. The van der Waals surface area contributed by atoms with E-state index >= 15 is 0 Å². The van der Waals surface area contributed by atoms with Gasteiger partial charge in [0.25, 0.3) is 0 Å². The Labute approximate surface area is 283 Å². The third-order valence-corrected chi connectivity index (χ3v) is 7.73. The third kappa shape index (κ3) is 22.4. The first-order chi connectivity index (χ1) is 22.9. The molecule has 47 heavy (non-hydrogen) atoms. The van der Waals surface area contributed by atoms with Crippen LogP contribution in [0.1, 0.15) is 158 Å². The Hall–Kier alpha value is -3.74. The molecule has 0 radical (unpaired) electrons. The quantitative estimate of drug-likeness (QED) is 0.0212. The molecule has 0 saturated heterocycles. The Bertz CT molecular complexity index is 1090. The molecule has 2 rings (SSSR count). The number of carbonyl (C=O) groups excluding carboxylic acids is 4. The number of hydrogen-bond acceptors (Lipinski definition) is 7. The summed E-state index contributed by atoms with van der Waals surface area (Å²) in [7, 11) is 0. The SMILES string of the molecule is C=CC(=O)Oc1ccc(C(=O)c2ccccc2)cc1.CCCCCCCCCCCC(=O)OOC(=O)CCCCCCCCCCC. The highest BCUT2D eigenvalue weighted by Gasteiger charge is 2.10. The van der Waals surface area contributed by atoms with Gasteiger partial charge in [-0.1, -0.05) is 153 Å². The maximum absolute atomic E-state index is 12.1. The van der Waals surface area contributed by atoms with Crippen molar-refractivity contribution in [2.75, 3.05) is 0 Å². The third-order valence-electron chi connectivity index (χ3n) is 7.73. The van der Waals surface area contributed by atoms with Crippen molar-refractivity contribution in [2.45, 2.75) is 142 Å². The van der Waals surface area contributed by atoms with Crippen LogP contribution in [0.5, 0.6) is 5.75 Å². The van der Waals surface area contributed by atoms with Crippen molar-refractivity contribution in [3.05, 3.63) is 78.4 Å². The minimum atomic E-state index is -0.526. The second-order valence-electron chi connectivity index (χ2n) is 11.9. The number of esters is 1. The Balaban J connectivity index is 0.000000502. The standard InChI is InChI=1S/C24H46O4.C16H12O3/c1-3-5-7-9-11-13-15-17-19-21-23(25)27-28-24(26)22-20-18-16-14-12-10-8-6-4-2;1-2-15(17)19-14-10-8-13(9-11-14)16(18)12-6-4-3-5-7-12/h3-22H2,1-2H3;2-11H,1H2. The maximum atomic E-state index is 12.1. The molecule has 0 heterocycles. The molecule has 0 N–H and O–H groups in total. The molecule has 0 saturated carbocycles. The minimum absolute atomic E-state index is 0.0674. The van der Waals surface area contributed by atoms with Gasteiger partial charge in [-0.2, -0.15) is 0 Å². The fourth-order valence-corrected chi connectivity index (χ4v) is 4.92. The minimum Gasteiger partial charge on any atom is -0.423 e. The predicted octanol–water partition coefficient (Wildman–Crippen LogP) is 10.8. The summed E-state index contributed by atoms with van der Waals surface area (Å²) in [6, 6.07) is 15.4. The lowest BCUT2D eigenvalue weighted by molar-refractivity contribution is -0.259. The smallest absolute Gasteiger partial charge is 0.355 e. The molecule has 0 fully saturated rings. The van der Waals surface area contributed by atoms with Crippen molar-refractivity contribution >= 4 is 23.7 Å². The van der Waals surface area contributed by atoms with Crippen LogP contribution in [0.25, 0.3) is 0 Å². The summed E-state index contributed by atoms with van der Waals surface area (Å²) in [5, 5.41) is 0. The number of unbranched alkanes of at least 4 members (excludes halogenated alkanes) is 16. The molecular formula is C40H58O7. The lowest BCUT2D eigenvalue weighted by atomic mass is 10.0. The average molecular weight is 651 g/mol. The normalized spacial score (nSPS) is 10.3. The van der Waals surface area contributed by atoms with E-state index in [9.17, 15) is 19.2 Å². The van der Waals surface area contributed by atoms with E-state index in [0.717, 1.165) is 44.6 Å². The maximum Gasteiger partial charge on any atom is 0.355 e. The van der Waals surface area contributed by atoms with E-state index in [1.807, 2.05) is 18.2 Å². The van der Waals surface area contributed by atoms with Crippen LogP contribution in [0, 0.1) is 0 Å². The van der Waals surface area contributed by atoms with Gasteiger partial charge in [0.2, 0.25) is 0 Å². The number of ketones is 1. The lowest BCUT2D eigenvalue weighted by Gasteiger charge is -2.04. The molecule has 260 valence electrons. The predicted molar refractivity (Wildman–Crippen MR) is 188 cm³/mol. The summed E-state index contributed by atoms with van der Waals surface area (Å²) in [5.41, 5.74) is 1.17. The van der Waals surface area contributed by atoms with Gasteiger partial charge < -0.3 is 4.74 Å². The number of benzene rings is 2. The average Bonchev–Trinajstić information content (AvgIpc) is 3.10. The zero-order valence-electron chi connectivity index (χ0n) is 29.0. The van der Waals surface area contributed by atoms with Gasteiger partial charge in [-0.05, 0) is 37.1 Å². The molecule has 2 aromatic carbocycles. The van der Waals surface area contributed by atoms with Crippen LogP contribution >= 0.6 is 0 Å². The zero-order valence-corrected chi connectivity index (χ0v) is 29.0. The number of hydrogen-bond donors (Lipinski definition) is 0. The van der Waals surface area contributed by atoms with Crippen LogP contribution in [-0.2, 0) is 24.2 Å². The molecule has 7 heteroatoms. The van der Waals surface area contributed by atoms with Crippen LogP contribution in [0.4, 0.5) is 0 Å². The molecule has 0 aliphatic carbocycles. The van der Waals surface area contributed by atoms with Gasteiger partial charge in [-0.3, -0.25) is 4.79 Å². The van der Waals surface area contributed by atoms with Crippen LogP contribution in [-0.4, -0.2) is 23.7 Å². The molecule has 0 aromatic heterocycles. The molecule has 2 aromatic rings. The summed E-state index contributed by atoms with van der Waals surface area (Å²) < 4.78 is 4.94. The van der Waals surface area contributed by atoms with Crippen molar-refractivity contribution in [3.8, 4) is 5.75 Å². The lowest BCUT2D eigenvalue weighted by Crippen LogP contribution is -2.11. The van der Waals surface area contributed by atoms with Gasteiger partial charge in [0.05, 0.1) is 12.8 Å². The van der Waals surface area contributed by atoms with Gasteiger partial charge in [0, 0.05) is 17.2 Å². The first kappa shape index (κ1) is 41.3. The van der Waals surface area contributed by atoms with Crippen LogP contribution in [0.3, 0.4) is 0 Å². The van der Waals surface area contributed by atoms with E-state index in [-0.39, 0.29) is 5.78 Å². The largest absolute Gasteiger partial charge is 0.423 e. The Morgan fingerprint density at radius 1 is 0.532 bits per heavy atom. The zero-order chi connectivity index (χ0) is 34.4. The summed E-state index contributed by atoms with van der Waals surface area (Å²) in [6.07, 6.45) is 23.4. The Morgan fingerprint density at radius 2 is 0.915 bits per heavy atom. The highest BCUT2D eigenvalue weighted by molar-refractivity contribution is 6.09. The van der Waals surface area contributed by atoms with E-state index in [0.29, 0.717) is 29.7 Å². The van der Waals surface area contributed by atoms with E-state index in [1.165, 1.54) is 77.0 Å². The molecule has 0 aliphatic rings. The van der Waals surface area contributed by atoms with E-state index in [4.69, 9.17) is 4.74 Å². The van der Waals surface area contributed by atoms with Gasteiger partial charge >= 0.3 is 17.9 Å². The van der Waals surface area contributed by atoms with E-state index < -0.39 is 17.9 Å². The molecule has 0 spiro atoms. The number of rotatable bonds is 24. The Morgan fingerprint density at radius 3 is 1.32 bits per heavy atom. The highest BCUT2D eigenvalue weighted by Crippen LogP contribution is 2.16. The van der Waals surface area contributed by atoms with Crippen molar-refractivity contribution in [3.63, 3.8) is 0 Å². The summed E-state index contributed by atoms with van der Waals surface area (Å²) in [6.45, 7) is 7.77. The first-order valence-corrected chi connectivity index (χ1v) is 17.8. The Kier molecular flexibility index (Phi) is 25.0. The monoisotopic (exact) mass is 650 g/mol. The molecular weight excluding hydrogens is 592 g/mol. The summed E-state index contributed by atoms with van der Waals surface area (Å²) >= 11 is 0. The summed E-state index contributed by atoms with van der Waals surface area (Å²) in [4.78, 5) is 55.5. The summed E-state index contributed by atoms with van der Waals surface area (Å²) in [5.74, 6) is -1.06. The molecule has 0 aliphatic heterocycles. The highest BCUT2D eigenvalue weighted by atomic mass is 17.2. The molecule has 0 unspecified atom stereocenters. The van der Waals surface area contributed by atoms with Crippen LogP contribution in [0.15, 0.2) is 67.3 Å². The second kappa shape index (κ2) is 28.5. The van der Waals surface area contributed by atoms with Crippen molar-refractivity contribution in [1.82, 2.24) is 0 Å². The molecule has 7 nitrogen and oxygen atoms in total. The van der Waals surface area contributed by atoms with Crippen molar-refractivity contribution in [2.24, 2.45) is 0 Å². The van der Waals surface area contributed by atoms with Gasteiger partial charge in [0.15, 0.2) is 5.78 Å². The van der Waals surface area contributed by atoms with Crippen molar-refractivity contribution < 1.29 is 33.7 Å². The van der Waals surface area contributed by atoms with Crippen molar-refractivity contribution in [1.29, 1.82) is 0 Å². The fourth-order valence-electron chi connectivity index (χ4n) is 4.92. The molecule has 0 atom stereocenters. The molecule has 0 amide bonds. The second-order valence-corrected chi connectivity index (χ2v) is 11.9. The van der Waals surface area contributed by atoms with E-state index in [1.54, 1.807) is 36.4 Å². The topological polar surface area (TPSA) is 96.0 Å². The number of ether oxygens (including phenoxy) is 1. The van der Waals surface area contributed by atoms with Crippen LogP contribution < -0.4 is 4.74 Å². The van der Waals surface area contributed by atoms with Crippen LogP contribution in [0.2, 0.25) is 0 Å². The van der Waals surface area contributed by atoms with Gasteiger partial charge in [-0.25, -0.2) is 24.2 Å². The molecule has 0 bridgehead atoms. The first-order valence-electron chi connectivity index (χ1n) is 17.8. The van der Waals surface area contributed by atoms with Gasteiger partial charge in [0.1, 0.15) is 5.75 Å². The number of carbonyl (C=O) groups is 4. The van der Waals surface area contributed by atoms with E-state index in [2.05, 4.69) is 30.2 Å².